The number of aliphatic carboxylic acids is 1. The number of ether oxygens (including phenoxy) is 2. The fourth-order valence-corrected chi connectivity index (χ4v) is 2.83. The molecule has 1 aliphatic rings. The largest absolute Gasteiger partial charge is 0.481 e. The van der Waals surface area contributed by atoms with Crippen molar-refractivity contribution in [3.8, 4) is 5.75 Å². The summed E-state index contributed by atoms with van der Waals surface area (Å²) < 4.78 is 12.5. The first-order valence-corrected chi connectivity index (χ1v) is 7.56. The lowest BCUT2D eigenvalue weighted by Gasteiger charge is -2.36. The van der Waals surface area contributed by atoms with Crippen LogP contribution < -0.4 is 10.1 Å². The summed E-state index contributed by atoms with van der Waals surface area (Å²) in [5.74, 6) is -0.690. The highest BCUT2D eigenvalue weighted by Crippen LogP contribution is 2.25. The quantitative estimate of drug-likeness (QED) is 0.792. The summed E-state index contributed by atoms with van der Waals surface area (Å²) in [5, 5.41) is 16.1. The molecule has 0 aromatic carbocycles. The van der Waals surface area contributed by atoms with Gasteiger partial charge in [0.15, 0.2) is 12.4 Å². The third-order valence-corrected chi connectivity index (χ3v) is 4.13. The van der Waals surface area contributed by atoms with Crippen molar-refractivity contribution in [3.05, 3.63) is 11.4 Å². The second kappa shape index (κ2) is 6.99. The van der Waals surface area contributed by atoms with Crippen LogP contribution in [-0.2, 0) is 21.4 Å². The molecule has 128 valence electrons. The van der Waals surface area contributed by atoms with Crippen LogP contribution in [0.25, 0.3) is 0 Å². The number of carbonyl (C=O) groups excluding carboxylic acids is 1. The molecule has 23 heavy (non-hydrogen) atoms. The van der Waals surface area contributed by atoms with Crippen molar-refractivity contribution in [1.82, 2.24) is 15.1 Å². The molecule has 1 amide bonds. The average Bonchev–Trinajstić information content (AvgIpc) is 2.70. The number of hydrogen-bond acceptors (Lipinski definition) is 5. The fourth-order valence-electron chi connectivity index (χ4n) is 2.83. The van der Waals surface area contributed by atoms with Crippen molar-refractivity contribution in [2.45, 2.75) is 38.6 Å². The summed E-state index contributed by atoms with van der Waals surface area (Å²) >= 11 is 0. The van der Waals surface area contributed by atoms with E-state index in [0.29, 0.717) is 37.5 Å². The van der Waals surface area contributed by atoms with Crippen LogP contribution >= 0.6 is 0 Å². The minimum absolute atomic E-state index is 0.118. The monoisotopic (exact) mass is 325 g/mol. The molecule has 0 atom stereocenters. The molecule has 1 fully saturated rings. The number of carboxylic acids is 1. The van der Waals surface area contributed by atoms with E-state index in [0.717, 1.165) is 5.69 Å². The van der Waals surface area contributed by atoms with Gasteiger partial charge >= 0.3 is 5.97 Å². The first-order valence-electron chi connectivity index (χ1n) is 7.56. The summed E-state index contributed by atoms with van der Waals surface area (Å²) in [6.45, 7) is 4.38. The van der Waals surface area contributed by atoms with E-state index in [2.05, 4.69) is 10.4 Å². The van der Waals surface area contributed by atoms with E-state index in [1.165, 1.54) is 0 Å². The van der Waals surface area contributed by atoms with Crippen molar-refractivity contribution in [2.24, 2.45) is 7.05 Å². The standard InChI is InChI=1S/C15H23N3O5/c1-10-14(11(2)18(3)17-10)23-9-12(19)16-15(8-13(20)21)4-6-22-7-5-15/h4-9H2,1-3H3,(H,16,19)(H,20,21). The van der Waals surface area contributed by atoms with Crippen molar-refractivity contribution in [2.75, 3.05) is 19.8 Å². The van der Waals surface area contributed by atoms with Crippen molar-refractivity contribution in [1.29, 1.82) is 0 Å². The van der Waals surface area contributed by atoms with Crippen LogP contribution in [0.2, 0.25) is 0 Å². The van der Waals surface area contributed by atoms with Crippen LogP contribution in [0.4, 0.5) is 0 Å². The van der Waals surface area contributed by atoms with Gasteiger partial charge in [0, 0.05) is 20.3 Å². The van der Waals surface area contributed by atoms with E-state index in [1.807, 2.05) is 13.8 Å². The molecule has 0 aliphatic carbocycles. The molecule has 0 spiro atoms. The molecule has 2 N–H and O–H groups in total. The minimum Gasteiger partial charge on any atom is -0.481 e. The molecule has 8 heteroatoms. The number of hydrogen-bond donors (Lipinski definition) is 2. The lowest BCUT2D eigenvalue weighted by atomic mass is 9.86. The van der Waals surface area contributed by atoms with Crippen LogP contribution in [-0.4, -0.2) is 52.1 Å². The van der Waals surface area contributed by atoms with Crippen molar-refractivity contribution >= 4 is 11.9 Å². The van der Waals surface area contributed by atoms with Gasteiger partial charge in [-0.15, -0.1) is 0 Å². The Labute approximate surface area is 134 Å². The van der Waals surface area contributed by atoms with E-state index >= 15 is 0 Å². The maximum Gasteiger partial charge on any atom is 0.305 e. The Bertz CT molecular complexity index is 590. The van der Waals surface area contributed by atoms with E-state index in [1.54, 1.807) is 11.7 Å². The third-order valence-electron chi connectivity index (χ3n) is 4.13. The number of nitrogens with one attached hydrogen (secondary N) is 1. The molecule has 1 aromatic rings. The normalized spacial score (nSPS) is 16.8. The lowest BCUT2D eigenvalue weighted by Crippen LogP contribution is -2.54. The smallest absolute Gasteiger partial charge is 0.305 e. The summed E-state index contributed by atoms with van der Waals surface area (Å²) in [6.07, 6.45) is 0.846. The Morgan fingerprint density at radius 3 is 2.57 bits per heavy atom. The molecule has 0 saturated carbocycles. The zero-order chi connectivity index (χ0) is 17.0. The fraction of sp³-hybridized carbons (Fsp3) is 0.667. The van der Waals surface area contributed by atoms with Gasteiger partial charge in [0.05, 0.1) is 17.7 Å². The summed E-state index contributed by atoms with van der Waals surface area (Å²) in [4.78, 5) is 23.3. The second-order valence-corrected chi connectivity index (χ2v) is 5.92. The average molecular weight is 325 g/mol. The van der Waals surface area contributed by atoms with E-state index in [-0.39, 0.29) is 18.9 Å². The van der Waals surface area contributed by atoms with Gasteiger partial charge in [-0.2, -0.15) is 5.10 Å². The first kappa shape index (κ1) is 17.3. The molecular formula is C15H23N3O5. The van der Waals surface area contributed by atoms with Crippen molar-refractivity contribution < 1.29 is 24.2 Å². The van der Waals surface area contributed by atoms with Gasteiger partial charge in [0.2, 0.25) is 0 Å². The highest BCUT2D eigenvalue weighted by Gasteiger charge is 2.36. The Balaban J connectivity index is 1.98. The van der Waals surface area contributed by atoms with E-state index in [4.69, 9.17) is 14.6 Å². The highest BCUT2D eigenvalue weighted by molar-refractivity contribution is 5.79. The Hall–Kier alpha value is -2.09. The Morgan fingerprint density at radius 2 is 2.04 bits per heavy atom. The second-order valence-electron chi connectivity index (χ2n) is 5.92. The maximum absolute atomic E-state index is 12.2. The Morgan fingerprint density at radius 1 is 1.39 bits per heavy atom. The van der Waals surface area contributed by atoms with Gasteiger partial charge in [-0.1, -0.05) is 0 Å². The number of amides is 1. The molecule has 8 nitrogen and oxygen atoms in total. The molecule has 0 unspecified atom stereocenters. The number of aryl methyl sites for hydroxylation is 2. The summed E-state index contributed by atoms with van der Waals surface area (Å²) in [5.41, 5.74) is 0.787. The molecule has 1 aromatic heterocycles. The predicted molar refractivity (Wildman–Crippen MR) is 81.4 cm³/mol. The predicted octanol–water partition coefficient (Wildman–Crippen LogP) is 0.556. The lowest BCUT2D eigenvalue weighted by molar-refractivity contribution is -0.140. The van der Waals surface area contributed by atoms with E-state index < -0.39 is 11.5 Å². The number of carboxylic acid groups (broad SMARTS) is 1. The Kier molecular flexibility index (Phi) is 5.25. The van der Waals surface area contributed by atoms with Crippen molar-refractivity contribution in [3.63, 3.8) is 0 Å². The number of carbonyl (C=O) groups is 2. The molecule has 2 heterocycles. The van der Waals surface area contributed by atoms with Gasteiger partial charge in [-0.25, -0.2) is 0 Å². The number of nitrogens with zero attached hydrogens (tertiary/aromatic N) is 2. The van der Waals surface area contributed by atoms with Crippen LogP contribution in [0.5, 0.6) is 5.75 Å². The summed E-state index contributed by atoms with van der Waals surface area (Å²) in [7, 11) is 1.80. The third kappa shape index (κ3) is 4.22. The van der Waals surface area contributed by atoms with E-state index in [9.17, 15) is 9.59 Å². The van der Waals surface area contributed by atoms with Gasteiger partial charge in [0.25, 0.3) is 5.91 Å². The molecule has 0 bridgehead atoms. The topological polar surface area (TPSA) is 103 Å². The molecule has 2 rings (SSSR count). The molecule has 1 saturated heterocycles. The zero-order valence-corrected chi connectivity index (χ0v) is 13.7. The van der Waals surface area contributed by atoms with Gasteiger partial charge < -0.3 is 19.9 Å². The minimum atomic E-state index is -0.938. The zero-order valence-electron chi connectivity index (χ0n) is 13.7. The molecule has 0 radical (unpaired) electrons. The number of aromatic nitrogens is 2. The van der Waals surface area contributed by atoms with Gasteiger partial charge in [-0.3, -0.25) is 14.3 Å². The van der Waals surface area contributed by atoms with Gasteiger partial charge in [-0.05, 0) is 26.7 Å². The van der Waals surface area contributed by atoms with Crippen LogP contribution in [0.1, 0.15) is 30.7 Å². The molecular weight excluding hydrogens is 302 g/mol. The molecule has 1 aliphatic heterocycles. The van der Waals surface area contributed by atoms with Gasteiger partial charge in [0.1, 0.15) is 5.69 Å². The SMILES string of the molecule is Cc1nn(C)c(C)c1OCC(=O)NC1(CC(=O)O)CCOCC1. The first-order chi connectivity index (χ1) is 10.8. The van der Waals surface area contributed by atoms with Crippen LogP contribution in [0.15, 0.2) is 0 Å². The summed E-state index contributed by atoms with van der Waals surface area (Å²) in [6, 6.07) is 0. The number of rotatable bonds is 6. The highest BCUT2D eigenvalue weighted by atomic mass is 16.5. The maximum atomic E-state index is 12.2. The van der Waals surface area contributed by atoms with Crippen LogP contribution in [0.3, 0.4) is 0 Å². The van der Waals surface area contributed by atoms with Crippen LogP contribution in [0, 0.1) is 13.8 Å².